The Morgan fingerprint density at radius 1 is 1.15 bits per heavy atom. The van der Waals surface area contributed by atoms with E-state index in [-0.39, 0.29) is 29.4 Å². The van der Waals surface area contributed by atoms with Crippen molar-refractivity contribution in [3.05, 3.63) is 0 Å². The molecule has 7 heteroatoms. The molecule has 2 aliphatic rings. The molecule has 0 aromatic rings. The van der Waals surface area contributed by atoms with Crippen molar-refractivity contribution in [2.24, 2.45) is 10.4 Å². The van der Waals surface area contributed by atoms with E-state index < -0.39 is 0 Å². The summed E-state index contributed by atoms with van der Waals surface area (Å²) in [6.45, 7) is 10.7. The third kappa shape index (κ3) is 6.72. The molecule has 1 aliphatic heterocycles. The van der Waals surface area contributed by atoms with Crippen molar-refractivity contribution in [2.45, 2.75) is 77.5 Å². The second kappa shape index (κ2) is 13.2. The molecule has 0 bridgehead atoms. The first-order valence-electron chi connectivity index (χ1n) is 10.5. The molecular weight excluding hydrogens is 457 g/mol. The average molecular weight is 497 g/mol. The molecule has 0 radical (unpaired) electrons. The van der Waals surface area contributed by atoms with Crippen molar-refractivity contribution in [2.75, 3.05) is 40.0 Å². The first-order valence-corrected chi connectivity index (χ1v) is 10.5. The van der Waals surface area contributed by atoms with Crippen LogP contribution >= 0.6 is 24.0 Å². The first kappa shape index (κ1) is 24.9. The zero-order valence-corrected chi connectivity index (χ0v) is 19.9. The van der Waals surface area contributed by atoms with Gasteiger partial charge in [-0.25, -0.2) is 0 Å². The van der Waals surface area contributed by atoms with Crippen molar-refractivity contribution in [3.8, 4) is 0 Å². The molecule has 2 atom stereocenters. The largest absolute Gasteiger partial charge is 0.381 e. The lowest BCUT2D eigenvalue weighted by atomic mass is 9.58. The zero-order valence-electron chi connectivity index (χ0n) is 17.6. The molecule has 160 valence electrons. The Labute approximate surface area is 182 Å². The Morgan fingerprint density at radius 2 is 1.85 bits per heavy atom. The Morgan fingerprint density at radius 3 is 2.44 bits per heavy atom. The van der Waals surface area contributed by atoms with E-state index in [1.165, 1.54) is 0 Å². The maximum absolute atomic E-state index is 5.97. The number of hydrogen-bond acceptors (Lipinski definition) is 4. The number of nitrogens with one attached hydrogen (secondary N) is 2. The fourth-order valence-electron chi connectivity index (χ4n) is 4.31. The molecule has 6 nitrogen and oxygen atoms in total. The number of rotatable bonds is 10. The van der Waals surface area contributed by atoms with E-state index in [4.69, 9.17) is 14.2 Å². The highest BCUT2D eigenvalue weighted by Crippen LogP contribution is 2.48. The number of ether oxygens (including phenoxy) is 3. The van der Waals surface area contributed by atoms with Gasteiger partial charge in [0.2, 0.25) is 0 Å². The Hall–Kier alpha value is -0.120. The fourth-order valence-corrected chi connectivity index (χ4v) is 4.31. The van der Waals surface area contributed by atoms with Gasteiger partial charge in [0.1, 0.15) is 0 Å². The van der Waals surface area contributed by atoms with Gasteiger partial charge in [-0.3, -0.25) is 4.99 Å². The SMILES string of the molecule is CCOC1CC(NC(=NC)NCCCOC2CCOCC2)C1(CC)CC.I. The monoisotopic (exact) mass is 497 g/mol. The summed E-state index contributed by atoms with van der Waals surface area (Å²) < 4.78 is 17.2. The van der Waals surface area contributed by atoms with Crippen molar-refractivity contribution >= 4 is 29.9 Å². The molecule has 2 N–H and O–H groups in total. The normalized spacial score (nSPS) is 25.4. The molecule has 1 saturated carbocycles. The van der Waals surface area contributed by atoms with Crippen LogP contribution in [-0.4, -0.2) is 64.2 Å². The van der Waals surface area contributed by atoms with Crippen molar-refractivity contribution in [1.82, 2.24) is 10.6 Å². The summed E-state index contributed by atoms with van der Waals surface area (Å²) >= 11 is 0. The smallest absolute Gasteiger partial charge is 0.191 e. The molecule has 1 heterocycles. The third-order valence-corrected chi connectivity index (χ3v) is 6.14. The molecule has 0 amide bonds. The van der Waals surface area contributed by atoms with Crippen LogP contribution in [0.2, 0.25) is 0 Å². The predicted molar refractivity (Wildman–Crippen MR) is 121 cm³/mol. The first-order chi connectivity index (χ1) is 12.7. The Bertz CT molecular complexity index is 427. The van der Waals surface area contributed by atoms with Gasteiger partial charge in [0.05, 0.1) is 12.2 Å². The highest BCUT2D eigenvalue weighted by atomic mass is 127. The van der Waals surface area contributed by atoms with Gasteiger partial charge in [0.15, 0.2) is 5.96 Å². The number of guanidine groups is 1. The minimum Gasteiger partial charge on any atom is -0.381 e. The molecule has 1 aliphatic carbocycles. The van der Waals surface area contributed by atoms with E-state index in [0.29, 0.717) is 18.2 Å². The number of halogens is 1. The second-order valence-corrected chi connectivity index (χ2v) is 7.35. The van der Waals surface area contributed by atoms with Crippen molar-refractivity contribution in [1.29, 1.82) is 0 Å². The minimum absolute atomic E-state index is 0. The van der Waals surface area contributed by atoms with Crippen LogP contribution in [0.5, 0.6) is 0 Å². The van der Waals surface area contributed by atoms with Crippen LogP contribution in [0.25, 0.3) is 0 Å². The molecule has 0 aromatic carbocycles. The van der Waals surface area contributed by atoms with Crippen molar-refractivity contribution < 1.29 is 14.2 Å². The van der Waals surface area contributed by atoms with Crippen LogP contribution in [0, 0.1) is 5.41 Å². The van der Waals surface area contributed by atoms with Gasteiger partial charge in [0, 0.05) is 51.5 Å². The van der Waals surface area contributed by atoms with E-state index in [0.717, 1.165) is 77.5 Å². The number of nitrogens with zero attached hydrogens (tertiary/aromatic N) is 1. The summed E-state index contributed by atoms with van der Waals surface area (Å²) in [6, 6.07) is 0.429. The van der Waals surface area contributed by atoms with Crippen LogP contribution in [0.15, 0.2) is 4.99 Å². The summed E-state index contributed by atoms with van der Waals surface area (Å²) in [5.41, 5.74) is 0.222. The van der Waals surface area contributed by atoms with Crippen LogP contribution in [0.4, 0.5) is 0 Å². The Kier molecular flexibility index (Phi) is 12.2. The standard InChI is InChI=1S/C20H39N3O3.HI/c1-5-20(6-2)17(15-18(20)25-7-3)23-19(21-4)22-11-8-12-26-16-9-13-24-14-10-16;/h16-18H,5-15H2,1-4H3,(H2,21,22,23);1H. The molecule has 0 aromatic heterocycles. The van der Waals surface area contributed by atoms with Crippen molar-refractivity contribution in [3.63, 3.8) is 0 Å². The van der Waals surface area contributed by atoms with E-state index in [2.05, 4.69) is 36.4 Å². The molecular formula is C20H40IN3O3. The highest BCUT2D eigenvalue weighted by molar-refractivity contribution is 14.0. The summed E-state index contributed by atoms with van der Waals surface area (Å²) in [5.74, 6) is 0.891. The fraction of sp³-hybridized carbons (Fsp3) is 0.950. The Balaban J connectivity index is 0.00000364. The molecule has 2 rings (SSSR count). The minimum atomic E-state index is 0. The van der Waals surface area contributed by atoms with Gasteiger partial charge in [-0.1, -0.05) is 13.8 Å². The zero-order chi connectivity index (χ0) is 18.8. The third-order valence-electron chi connectivity index (χ3n) is 6.14. The van der Waals surface area contributed by atoms with E-state index in [9.17, 15) is 0 Å². The molecule has 1 saturated heterocycles. The van der Waals surface area contributed by atoms with Crippen LogP contribution in [0.3, 0.4) is 0 Å². The topological polar surface area (TPSA) is 64.1 Å². The van der Waals surface area contributed by atoms with E-state index in [1.807, 2.05) is 7.05 Å². The molecule has 27 heavy (non-hydrogen) atoms. The number of aliphatic imine (C=N–C) groups is 1. The van der Waals surface area contributed by atoms with E-state index in [1.54, 1.807) is 0 Å². The lowest BCUT2D eigenvalue weighted by Gasteiger charge is -2.55. The molecule has 2 unspecified atom stereocenters. The summed E-state index contributed by atoms with van der Waals surface area (Å²) in [6.07, 6.45) is 7.08. The second-order valence-electron chi connectivity index (χ2n) is 7.35. The summed E-state index contributed by atoms with van der Waals surface area (Å²) in [4.78, 5) is 4.40. The van der Waals surface area contributed by atoms with Gasteiger partial charge < -0.3 is 24.8 Å². The van der Waals surface area contributed by atoms with Gasteiger partial charge in [-0.2, -0.15) is 0 Å². The highest BCUT2D eigenvalue weighted by Gasteiger charge is 2.53. The van der Waals surface area contributed by atoms with Gasteiger partial charge in [-0.15, -0.1) is 24.0 Å². The quantitative estimate of drug-likeness (QED) is 0.210. The maximum atomic E-state index is 5.97. The molecule has 2 fully saturated rings. The van der Waals surface area contributed by atoms with E-state index >= 15 is 0 Å². The maximum Gasteiger partial charge on any atom is 0.191 e. The summed E-state index contributed by atoms with van der Waals surface area (Å²) in [7, 11) is 1.84. The van der Waals surface area contributed by atoms with Gasteiger partial charge in [0.25, 0.3) is 0 Å². The lowest BCUT2D eigenvalue weighted by Crippen LogP contribution is -2.65. The van der Waals surface area contributed by atoms with Gasteiger partial charge >= 0.3 is 0 Å². The van der Waals surface area contributed by atoms with Crippen LogP contribution in [0.1, 0.15) is 59.3 Å². The number of hydrogen-bond donors (Lipinski definition) is 2. The lowest BCUT2D eigenvalue weighted by molar-refractivity contribution is -0.133. The van der Waals surface area contributed by atoms with Gasteiger partial charge in [-0.05, 0) is 45.4 Å². The van der Waals surface area contributed by atoms with Crippen LogP contribution < -0.4 is 10.6 Å². The predicted octanol–water partition coefficient (Wildman–Crippen LogP) is 3.34. The average Bonchev–Trinajstić information content (AvgIpc) is 2.67. The summed E-state index contributed by atoms with van der Waals surface area (Å²) in [5, 5.41) is 7.06. The van der Waals surface area contributed by atoms with Crippen LogP contribution in [-0.2, 0) is 14.2 Å². The molecule has 0 spiro atoms.